The molecular weight excluding hydrogens is 506 g/mol. The van der Waals surface area contributed by atoms with Crippen molar-refractivity contribution in [2.75, 3.05) is 16.9 Å². The van der Waals surface area contributed by atoms with Crippen LogP contribution in [-0.2, 0) is 10.3 Å². The van der Waals surface area contributed by atoms with E-state index in [1.807, 2.05) is 17.0 Å². The van der Waals surface area contributed by atoms with Crippen molar-refractivity contribution in [2.24, 2.45) is 5.41 Å². The molecule has 1 amide bonds. The van der Waals surface area contributed by atoms with Gasteiger partial charge >= 0.3 is 0 Å². The van der Waals surface area contributed by atoms with E-state index in [9.17, 15) is 25.0 Å². The molecule has 1 unspecified atom stereocenters. The number of para-hydroxylation sites is 1. The summed E-state index contributed by atoms with van der Waals surface area (Å²) in [6, 6.07) is 13.3. The van der Waals surface area contributed by atoms with Crippen molar-refractivity contribution in [1.82, 2.24) is 19.9 Å². The van der Waals surface area contributed by atoms with Crippen molar-refractivity contribution in [3.63, 3.8) is 0 Å². The average Bonchev–Trinajstić information content (AvgIpc) is 3.73. The molecule has 1 spiro atoms. The molecule has 12 heteroatoms. The number of nitrogens with zero attached hydrogens (tertiary/aromatic N) is 4. The van der Waals surface area contributed by atoms with E-state index >= 15 is 0 Å². The molecule has 3 aliphatic heterocycles. The SMILES string of the molecule is N#C[C@@]1(C(=O)c2c[nH]c3ccccc23)[C@@H](c2ncc[nH]2)C2CSCN2[C@]12C(=O)Nc1ccc([N+](=O)[O-])cc12. The number of thioether (sulfide) groups is 1. The number of hydrogen-bond donors (Lipinski definition) is 3. The van der Waals surface area contributed by atoms with Crippen LogP contribution in [0.3, 0.4) is 0 Å². The Kier molecular flexibility index (Phi) is 4.64. The molecule has 0 bridgehead atoms. The first-order valence-corrected chi connectivity index (χ1v) is 13.1. The number of non-ortho nitro benzene ring substituents is 1. The second kappa shape index (κ2) is 7.77. The highest BCUT2D eigenvalue weighted by molar-refractivity contribution is 7.99. The quantitative estimate of drug-likeness (QED) is 0.207. The van der Waals surface area contributed by atoms with Gasteiger partial charge in [0.25, 0.3) is 11.6 Å². The maximum atomic E-state index is 14.9. The van der Waals surface area contributed by atoms with Gasteiger partial charge in [0.05, 0.1) is 16.9 Å². The van der Waals surface area contributed by atoms with Gasteiger partial charge in [-0.3, -0.25) is 24.6 Å². The predicted molar refractivity (Wildman–Crippen MR) is 138 cm³/mol. The van der Waals surface area contributed by atoms with E-state index in [-0.39, 0.29) is 16.8 Å². The minimum Gasteiger partial charge on any atom is -0.360 e. The van der Waals surface area contributed by atoms with E-state index < -0.39 is 39.5 Å². The Hall–Kier alpha value is -4.47. The number of nitro groups is 1. The lowest BCUT2D eigenvalue weighted by Crippen LogP contribution is -2.59. The highest BCUT2D eigenvalue weighted by Crippen LogP contribution is 2.67. The third-order valence-corrected chi connectivity index (χ3v) is 9.17. The smallest absolute Gasteiger partial charge is 0.269 e. The highest BCUT2D eigenvalue weighted by atomic mass is 32.2. The van der Waals surface area contributed by atoms with Crippen LogP contribution in [0.2, 0.25) is 0 Å². The summed E-state index contributed by atoms with van der Waals surface area (Å²) in [4.78, 5) is 53.0. The number of carbonyl (C=O) groups excluding carboxylic acids is 2. The number of Topliss-reactive ketones (excluding diaryl/α,β-unsaturated/α-hetero) is 1. The summed E-state index contributed by atoms with van der Waals surface area (Å²) in [5.41, 5.74) is -2.44. The summed E-state index contributed by atoms with van der Waals surface area (Å²) in [6.07, 6.45) is 4.75. The lowest BCUT2D eigenvalue weighted by molar-refractivity contribution is -0.385. The molecule has 188 valence electrons. The van der Waals surface area contributed by atoms with E-state index in [4.69, 9.17) is 0 Å². The van der Waals surface area contributed by atoms with Crippen LogP contribution in [0.5, 0.6) is 0 Å². The number of amides is 1. The van der Waals surface area contributed by atoms with E-state index in [0.29, 0.717) is 34.0 Å². The van der Waals surface area contributed by atoms with E-state index in [2.05, 4.69) is 26.3 Å². The van der Waals surface area contributed by atoms with Gasteiger partial charge in [0, 0.05) is 76.1 Å². The zero-order valence-electron chi connectivity index (χ0n) is 19.7. The molecule has 2 fully saturated rings. The molecule has 3 aliphatic rings. The van der Waals surface area contributed by atoms with Gasteiger partial charge in [0.2, 0.25) is 0 Å². The predicted octanol–water partition coefficient (Wildman–Crippen LogP) is 3.51. The lowest BCUT2D eigenvalue weighted by atomic mass is 9.59. The maximum Gasteiger partial charge on any atom is 0.269 e. The number of ketones is 1. The van der Waals surface area contributed by atoms with Crippen LogP contribution >= 0.6 is 11.8 Å². The van der Waals surface area contributed by atoms with Crippen LogP contribution in [0, 0.1) is 26.9 Å². The Labute approximate surface area is 219 Å². The number of nitro benzene ring substituents is 1. The van der Waals surface area contributed by atoms with Gasteiger partial charge in [-0.2, -0.15) is 5.26 Å². The van der Waals surface area contributed by atoms with Gasteiger partial charge in [0.1, 0.15) is 5.82 Å². The molecule has 4 aromatic rings. The minimum atomic E-state index is -1.99. The number of carbonyl (C=O) groups is 2. The number of fused-ring (bicyclic) bond motifs is 5. The second-order valence-corrected chi connectivity index (χ2v) is 10.6. The molecule has 2 aromatic heterocycles. The van der Waals surface area contributed by atoms with Crippen molar-refractivity contribution >= 4 is 45.7 Å². The summed E-state index contributed by atoms with van der Waals surface area (Å²) in [5, 5.41) is 26.4. The van der Waals surface area contributed by atoms with E-state index in [0.717, 1.165) is 0 Å². The average molecular weight is 526 g/mol. The van der Waals surface area contributed by atoms with Crippen molar-refractivity contribution in [3.8, 4) is 6.07 Å². The number of aromatic nitrogens is 3. The molecule has 0 saturated carbocycles. The largest absolute Gasteiger partial charge is 0.360 e. The topological polar surface area (TPSA) is 161 Å². The van der Waals surface area contributed by atoms with Crippen LogP contribution in [-0.4, -0.2) is 54.1 Å². The first kappa shape index (κ1) is 22.7. The Morgan fingerprint density at radius 3 is 2.87 bits per heavy atom. The number of anilines is 1. The number of nitriles is 1. The van der Waals surface area contributed by atoms with Crippen LogP contribution < -0.4 is 5.32 Å². The fourth-order valence-corrected chi connectivity index (χ4v) is 8.00. The molecule has 4 atom stereocenters. The number of nitrogens with one attached hydrogen (secondary N) is 3. The molecule has 2 aromatic carbocycles. The Balaban J connectivity index is 1.59. The number of hydrogen-bond acceptors (Lipinski definition) is 8. The molecule has 5 heterocycles. The Morgan fingerprint density at radius 2 is 2.11 bits per heavy atom. The first-order chi connectivity index (χ1) is 18.4. The van der Waals surface area contributed by atoms with Gasteiger partial charge in [-0.15, -0.1) is 11.8 Å². The molecule has 2 saturated heterocycles. The fraction of sp³-hybridized carbons (Fsp3) is 0.231. The molecule has 38 heavy (non-hydrogen) atoms. The Morgan fingerprint density at radius 1 is 1.26 bits per heavy atom. The molecule has 7 rings (SSSR count). The van der Waals surface area contributed by atoms with Gasteiger partial charge in [-0.1, -0.05) is 18.2 Å². The summed E-state index contributed by atoms with van der Waals surface area (Å²) in [5.74, 6) is -0.565. The van der Waals surface area contributed by atoms with Crippen molar-refractivity contribution in [2.45, 2.75) is 17.5 Å². The maximum absolute atomic E-state index is 14.9. The fourth-order valence-electron chi connectivity index (χ4n) is 6.70. The summed E-state index contributed by atoms with van der Waals surface area (Å²) < 4.78 is 0. The summed E-state index contributed by atoms with van der Waals surface area (Å²) in [6.45, 7) is 0. The molecule has 0 aliphatic carbocycles. The van der Waals surface area contributed by atoms with Crippen LogP contribution in [0.25, 0.3) is 10.9 Å². The first-order valence-electron chi connectivity index (χ1n) is 11.9. The zero-order chi connectivity index (χ0) is 26.2. The van der Waals surface area contributed by atoms with Crippen LogP contribution in [0.15, 0.2) is 61.1 Å². The number of imidazole rings is 1. The highest BCUT2D eigenvalue weighted by Gasteiger charge is 2.79. The normalized spacial score (nSPS) is 27.8. The number of rotatable bonds is 4. The zero-order valence-corrected chi connectivity index (χ0v) is 20.5. The molecule has 3 N–H and O–H groups in total. The van der Waals surface area contributed by atoms with Crippen molar-refractivity contribution in [1.29, 1.82) is 5.26 Å². The van der Waals surface area contributed by atoms with Crippen LogP contribution in [0.1, 0.15) is 27.7 Å². The van der Waals surface area contributed by atoms with Gasteiger partial charge in [0.15, 0.2) is 16.7 Å². The van der Waals surface area contributed by atoms with E-state index in [1.165, 1.54) is 18.2 Å². The molecule has 11 nitrogen and oxygen atoms in total. The van der Waals surface area contributed by atoms with Crippen LogP contribution in [0.4, 0.5) is 11.4 Å². The number of H-pyrrole nitrogens is 2. The third kappa shape index (κ3) is 2.54. The van der Waals surface area contributed by atoms with Gasteiger partial charge in [-0.25, -0.2) is 4.98 Å². The van der Waals surface area contributed by atoms with Gasteiger partial charge < -0.3 is 15.3 Å². The minimum absolute atomic E-state index is 0.226. The standard InChI is InChI=1S/C26H19N7O4S/c27-12-25(22(34)16-10-30-18-4-2-1-3-15(16)18)21(23-28-7-8-29-23)20-11-38-13-32(20)26(25)17-9-14(33(36)37)5-6-19(17)31-24(26)35/h1-10,20-21,30H,11,13H2,(H,28,29)(H,31,35)/t20?,21-,25+,26-/m1/s1. The molecular formula is C26H19N7O4S. The molecule has 0 radical (unpaired) electrons. The summed E-state index contributed by atoms with van der Waals surface area (Å²) in [7, 11) is 0. The Bertz CT molecular complexity index is 1710. The van der Waals surface area contributed by atoms with E-state index in [1.54, 1.807) is 42.5 Å². The van der Waals surface area contributed by atoms with Crippen molar-refractivity contribution in [3.05, 3.63) is 88.1 Å². The lowest BCUT2D eigenvalue weighted by Gasteiger charge is -2.41. The van der Waals surface area contributed by atoms with Gasteiger partial charge in [-0.05, 0) is 12.1 Å². The monoisotopic (exact) mass is 525 g/mol. The number of aromatic amines is 2. The second-order valence-electron chi connectivity index (χ2n) is 9.64. The third-order valence-electron chi connectivity index (χ3n) is 8.14. The van der Waals surface area contributed by atoms with Crippen molar-refractivity contribution < 1.29 is 14.5 Å². The summed E-state index contributed by atoms with van der Waals surface area (Å²) >= 11 is 1.58. The number of benzene rings is 2.